The highest BCUT2D eigenvalue weighted by atomic mass is 32.2. The summed E-state index contributed by atoms with van der Waals surface area (Å²) < 4.78 is 0. The van der Waals surface area contributed by atoms with E-state index in [-0.39, 0.29) is 0 Å². The summed E-state index contributed by atoms with van der Waals surface area (Å²) in [6, 6.07) is 10.4. The molecular formula is C14H13NS. The maximum Gasteiger partial charge on any atom is 0.101 e. The maximum absolute atomic E-state index is 9.30. The number of allylic oxidation sites excluding steroid dienone is 2. The van der Waals surface area contributed by atoms with Crippen molar-refractivity contribution in [3.05, 3.63) is 52.4 Å². The highest BCUT2D eigenvalue weighted by Crippen LogP contribution is 2.36. The Morgan fingerprint density at radius 3 is 2.69 bits per heavy atom. The number of benzene rings is 1. The second-order valence-corrected chi connectivity index (χ2v) is 5.27. The van der Waals surface area contributed by atoms with Gasteiger partial charge in [-0.15, -0.1) is 11.8 Å². The molecule has 0 fully saturated rings. The zero-order chi connectivity index (χ0) is 11.5. The molecule has 0 saturated carbocycles. The molecule has 1 nitrogen and oxygen atoms in total. The fraction of sp³-hybridized carbons (Fsp3) is 0.214. The molecule has 0 spiro atoms. The monoisotopic (exact) mass is 227 g/mol. The van der Waals surface area contributed by atoms with Crippen molar-refractivity contribution in [3.63, 3.8) is 0 Å². The van der Waals surface area contributed by atoms with E-state index in [0.717, 1.165) is 21.6 Å². The highest BCUT2D eigenvalue weighted by molar-refractivity contribution is 8.04. The lowest BCUT2D eigenvalue weighted by molar-refractivity contribution is 1.27. The Bertz CT molecular complexity index is 506. The largest absolute Gasteiger partial charge is 0.192 e. The Morgan fingerprint density at radius 1 is 1.38 bits per heavy atom. The van der Waals surface area contributed by atoms with Crippen molar-refractivity contribution in [2.45, 2.75) is 19.1 Å². The van der Waals surface area contributed by atoms with E-state index in [1.165, 1.54) is 0 Å². The number of aryl methyl sites for hydroxylation is 1. The lowest BCUT2D eigenvalue weighted by Gasteiger charge is -2.06. The van der Waals surface area contributed by atoms with E-state index in [2.05, 4.69) is 25.1 Å². The average Bonchev–Trinajstić information content (AvgIpc) is 2.69. The van der Waals surface area contributed by atoms with Crippen LogP contribution in [0.3, 0.4) is 0 Å². The SMILES string of the molecule is Cc1ccccc1C(C#N)=C1C=CC(C)S1. The molecule has 0 N–H and O–H groups in total. The Kier molecular flexibility index (Phi) is 3.17. The Hall–Kier alpha value is -1.46. The zero-order valence-corrected chi connectivity index (χ0v) is 10.2. The lowest BCUT2D eigenvalue weighted by atomic mass is 10.0. The molecule has 80 valence electrons. The minimum absolute atomic E-state index is 0.474. The van der Waals surface area contributed by atoms with Gasteiger partial charge in [0, 0.05) is 10.2 Å². The first-order chi connectivity index (χ1) is 7.72. The van der Waals surface area contributed by atoms with Gasteiger partial charge in [-0.05, 0) is 25.0 Å². The van der Waals surface area contributed by atoms with E-state index >= 15 is 0 Å². The molecule has 2 heteroatoms. The summed E-state index contributed by atoms with van der Waals surface area (Å²) in [6.07, 6.45) is 4.19. The first-order valence-corrected chi connectivity index (χ1v) is 6.15. The van der Waals surface area contributed by atoms with Crippen molar-refractivity contribution in [1.82, 2.24) is 0 Å². The quantitative estimate of drug-likeness (QED) is 0.679. The van der Waals surface area contributed by atoms with Gasteiger partial charge in [0.05, 0.1) is 5.57 Å². The van der Waals surface area contributed by atoms with E-state index in [0.29, 0.717) is 5.25 Å². The normalized spacial score (nSPS) is 21.9. The van der Waals surface area contributed by atoms with Crippen LogP contribution in [0.4, 0.5) is 0 Å². The third-order valence-corrected chi connectivity index (χ3v) is 3.73. The van der Waals surface area contributed by atoms with Crippen LogP contribution >= 0.6 is 11.8 Å². The standard InChI is InChI=1S/C14H13NS/c1-10-5-3-4-6-12(10)13(9-15)14-8-7-11(2)16-14/h3-8,11H,1-2H3. The van der Waals surface area contributed by atoms with Crippen LogP contribution in [-0.2, 0) is 0 Å². The van der Waals surface area contributed by atoms with Crippen LogP contribution in [-0.4, -0.2) is 5.25 Å². The minimum atomic E-state index is 0.474. The van der Waals surface area contributed by atoms with Crippen LogP contribution in [0.1, 0.15) is 18.1 Å². The van der Waals surface area contributed by atoms with Crippen LogP contribution in [0, 0.1) is 18.3 Å². The molecule has 1 aliphatic rings. The van der Waals surface area contributed by atoms with Gasteiger partial charge in [-0.3, -0.25) is 0 Å². The van der Waals surface area contributed by atoms with E-state index in [9.17, 15) is 5.26 Å². The molecule has 0 amide bonds. The summed E-state index contributed by atoms with van der Waals surface area (Å²) in [5.74, 6) is 0. The fourth-order valence-electron chi connectivity index (χ4n) is 1.75. The van der Waals surface area contributed by atoms with Crippen LogP contribution < -0.4 is 0 Å². The molecule has 0 aliphatic carbocycles. The molecule has 1 heterocycles. The van der Waals surface area contributed by atoms with Gasteiger partial charge in [0.25, 0.3) is 0 Å². The molecule has 1 atom stereocenters. The molecule has 0 bridgehead atoms. The molecule has 1 unspecified atom stereocenters. The predicted octanol–water partition coefficient (Wildman–Crippen LogP) is 3.92. The van der Waals surface area contributed by atoms with Gasteiger partial charge in [0.2, 0.25) is 0 Å². The van der Waals surface area contributed by atoms with Crippen molar-refractivity contribution in [2.75, 3.05) is 0 Å². The summed E-state index contributed by atoms with van der Waals surface area (Å²) in [5, 5.41) is 9.77. The van der Waals surface area contributed by atoms with Crippen molar-refractivity contribution >= 4 is 17.3 Å². The molecule has 1 aromatic rings. The van der Waals surface area contributed by atoms with Gasteiger partial charge < -0.3 is 0 Å². The van der Waals surface area contributed by atoms with Gasteiger partial charge in [-0.1, -0.05) is 36.4 Å². The smallest absolute Gasteiger partial charge is 0.101 e. The lowest BCUT2D eigenvalue weighted by Crippen LogP contribution is -1.89. The zero-order valence-electron chi connectivity index (χ0n) is 9.40. The van der Waals surface area contributed by atoms with Crippen LogP contribution in [0.15, 0.2) is 41.3 Å². The van der Waals surface area contributed by atoms with Gasteiger partial charge in [-0.2, -0.15) is 5.26 Å². The van der Waals surface area contributed by atoms with Gasteiger partial charge in [0.15, 0.2) is 0 Å². The molecule has 16 heavy (non-hydrogen) atoms. The number of hydrogen-bond acceptors (Lipinski definition) is 2. The third kappa shape index (κ3) is 2.05. The van der Waals surface area contributed by atoms with E-state index in [1.807, 2.05) is 31.2 Å². The van der Waals surface area contributed by atoms with Gasteiger partial charge in [0.1, 0.15) is 6.07 Å². The molecular weight excluding hydrogens is 214 g/mol. The summed E-state index contributed by atoms with van der Waals surface area (Å²) >= 11 is 1.75. The summed E-state index contributed by atoms with van der Waals surface area (Å²) in [7, 11) is 0. The van der Waals surface area contributed by atoms with Crippen LogP contribution in [0.5, 0.6) is 0 Å². The topological polar surface area (TPSA) is 23.8 Å². The maximum atomic E-state index is 9.30. The molecule has 0 radical (unpaired) electrons. The minimum Gasteiger partial charge on any atom is -0.192 e. The van der Waals surface area contributed by atoms with Crippen LogP contribution in [0.2, 0.25) is 0 Å². The number of hydrogen-bond donors (Lipinski definition) is 0. The summed E-state index contributed by atoms with van der Waals surface area (Å²) in [6.45, 7) is 4.18. The number of nitrogens with zero attached hydrogens (tertiary/aromatic N) is 1. The summed E-state index contributed by atoms with van der Waals surface area (Å²) in [4.78, 5) is 1.09. The Labute approximate surface area is 100 Å². The number of thioether (sulfide) groups is 1. The van der Waals surface area contributed by atoms with Crippen molar-refractivity contribution in [2.24, 2.45) is 0 Å². The molecule has 1 aromatic carbocycles. The number of rotatable bonds is 1. The summed E-state index contributed by atoms with van der Waals surface area (Å²) in [5.41, 5.74) is 3.00. The molecule has 0 saturated heterocycles. The van der Waals surface area contributed by atoms with E-state index in [1.54, 1.807) is 11.8 Å². The predicted molar refractivity (Wildman–Crippen MR) is 69.9 cm³/mol. The molecule has 0 aromatic heterocycles. The first kappa shape index (κ1) is 11.0. The van der Waals surface area contributed by atoms with Crippen molar-refractivity contribution in [1.29, 1.82) is 5.26 Å². The second kappa shape index (κ2) is 4.59. The Balaban J connectivity index is 2.50. The van der Waals surface area contributed by atoms with E-state index in [4.69, 9.17) is 0 Å². The van der Waals surface area contributed by atoms with Gasteiger partial charge >= 0.3 is 0 Å². The molecule has 1 aliphatic heterocycles. The van der Waals surface area contributed by atoms with E-state index < -0.39 is 0 Å². The third-order valence-electron chi connectivity index (χ3n) is 2.60. The fourth-order valence-corrected chi connectivity index (χ4v) is 2.73. The first-order valence-electron chi connectivity index (χ1n) is 5.27. The van der Waals surface area contributed by atoms with Crippen molar-refractivity contribution in [3.8, 4) is 6.07 Å². The highest BCUT2D eigenvalue weighted by Gasteiger charge is 2.15. The van der Waals surface area contributed by atoms with Gasteiger partial charge in [-0.25, -0.2) is 0 Å². The second-order valence-electron chi connectivity index (χ2n) is 3.85. The molecule has 2 rings (SSSR count). The van der Waals surface area contributed by atoms with Crippen molar-refractivity contribution < 1.29 is 0 Å². The Morgan fingerprint density at radius 2 is 2.12 bits per heavy atom. The van der Waals surface area contributed by atoms with Crippen LogP contribution in [0.25, 0.3) is 5.57 Å². The number of nitriles is 1. The average molecular weight is 227 g/mol.